The molecule has 78 valence electrons. The van der Waals surface area contributed by atoms with E-state index in [1.165, 1.54) is 21.7 Å². The molecule has 0 fully saturated rings. The predicted molar refractivity (Wildman–Crippen MR) is 67.9 cm³/mol. The van der Waals surface area contributed by atoms with Crippen LogP contribution >= 0.6 is 0 Å². The van der Waals surface area contributed by atoms with Crippen molar-refractivity contribution in [1.82, 2.24) is 0 Å². The predicted octanol–water partition coefficient (Wildman–Crippen LogP) is 4.01. The van der Waals surface area contributed by atoms with Crippen molar-refractivity contribution in [2.45, 2.75) is 6.92 Å². The summed E-state index contributed by atoms with van der Waals surface area (Å²) in [7, 11) is 0. The van der Waals surface area contributed by atoms with E-state index in [1.54, 1.807) is 12.1 Å². The van der Waals surface area contributed by atoms with E-state index in [0.29, 0.717) is 5.75 Å². The van der Waals surface area contributed by atoms with Crippen LogP contribution in [0.25, 0.3) is 21.5 Å². The van der Waals surface area contributed by atoms with Crippen LogP contribution in [-0.2, 0) is 0 Å². The van der Waals surface area contributed by atoms with E-state index in [1.807, 2.05) is 6.07 Å². The van der Waals surface area contributed by atoms with Gasteiger partial charge in [-0.15, -0.1) is 0 Å². The van der Waals surface area contributed by atoms with Gasteiger partial charge in [0.25, 0.3) is 0 Å². The molecule has 0 amide bonds. The van der Waals surface area contributed by atoms with E-state index >= 15 is 0 Å². The summed E-state index contributed by atoms with van der Waals surface area (Å²) in [6.45, 7) is 2.12. The molecule has 0 heterocycles. The first-order valence-corrected chi connectivity index (χ1v) is 5.37. The zero-order valence-electron chi connectivity index (χ0n) is 9.07. The Hall–Kier alpha value is -2.02. The van der Waals surface area contributed by atoms with Crippen molar-refractivity contribution in [3.8, 4) is 5.75 Å². The van der Waals surface area contributed by atoms with Crippen LogP contribution in [0.5, 0.6) is 5.75 Å². The molecule has 3 rings (SSSR count). The highest BCUT2D eigenvalue weighted by Gasteiger charge is 2.03. The fraction of sp³-hybridized carbons (Fsp3) is 0.0667. The number of aromatic hydroxyl groups is 1. The minimum Gasteiger partial charge on any atom is -0.508 e. The fourth-order valence-corrected chi connectivity index (χ4v) is 2.29. The van der Waals surface area contributed by atoms with Crippen molar-refractivity contribution in [3.05, 3.63) is 54.1 Å². The first-order valence-electron chi connectivity index (χ1n) is 5.37. The third-order valence-electron chi connectivity index (χ3n) is 3.05. The Morgan fingerprint density at radius 1 is 0.875 bits per heavy atom. The molecule has 0 aromatic heterocycles. The van der Waals surface area contributed by atoms with E-state index in [4.69, 9.17) is 0 Å². The van der Waals surface area contributed by atoms with E-state index < -0.39 is 0 Å². The SMILES string of the molecule is Cc1cccc2ccc3cc(O)ccc3c12. The van der Waals surface area contributed by atoms with Crippen LogP contribution in [0.1, 0.15) is 5.56 Å². The van der Waals surface area contributed by atoms with Crippen LogP contribution in [0.15, 0.2) is 48.5 Å². The van der Waals surface area contributed by atoms with Gasteiger partial charge in [-0.25, -0.2) is 0 Å². The molecule has 0 aliphatic heterocycles. The van der Waals surface area contributed by atoms with Crippen LogP contribution in [-0.4, -0.2) is 5.11 Å². The highest BCUT2D eigenvalue weighted by atomic mass is 16.3. The molecule has 0 atom stereocenters. The van der Waals surface area contributed by atoms with Crippen LogP contribution in [0.3, 0.4) is 0 Å². The maximum atomic E-state index is 9.47. The quantitative estimate of drug-likeness (QED) is 0.553. The number of phenols is 1. The monoisotopic (exact) mass is 208 g/mol. The number of benzene rings is 3. The summed E-state index contributed by atoms with van der Waals surface area (Å²) in [5.41, 5.74) is 1.27. The molecule has 1 nitrogen and oxygen atoms in total. The lowest BCUT2D eigenvalue weighted by Gasteiger charge is -2.07. The summed E-state index contributed by atoms with van der Waals surface area (Å²) in [6, 6.07) is 16.0. The standard InChI is InChI=1S/C15H12O/c1-10-3-2-4-11-5-6-12-9-13(16)7-8-14(12)15(10)11/h2-9,16H,1H3. The Kier molecular flexibility index (Phi) is 1.87. The van der Waals surface area contributed by atoms with Gasteiger partial charge in [-0.05, 0) is 46.2 Å². The van der Waals surface area contributed by atoms with E-state index in [2.05, 4.69) is 37.3 Å². The van der Waals surface area contributed by atoms with Crippen molar-refractivity contribution in [3.63, 3.8) is 0 Å². The highest BCUT2D eigenvalue weighted by molar-refractivity contribution is 6.09. The summed E-state index contributed by atoms with van der Waals surface area (Å²) < 4.78 is 0. The minimum atomic E-state index is 0.320. The number of rotatable bonds is 0. The van der Waals surface area contributed by atoms with Gasteiger partial charge in [0.05, 0.1) is 0 Å². The lowest BCUT2D eigenvalue weighted by molar-refractivity contribution is 0.476. The topological polar surface area (TPSA) is 20.2 Å². The number of hydrogen-bond donors (Lipinski definition) is 1. The molecule has 0 saturated heterocycles. The Bertz CT molecular complexity index is 683. The van der Waals surface area contributed by atoms with Gasteiger partial charge >= 0.3 is 0 Å². The Morgan fingerprint density at radius 2 is 1.69 bits per heavy atom. The van der Waals surface area contributed by atoms with E-state index in [0.717, 1.165) is 5.39 Å². The second kappa shape index (κ2) is 3.24. The molecular formula is C15H12O. The second-order valence-corrected chi connectivity index (χ2v) is 4.14. The molecule has 16 heavy (non-hydrogen) atoms. The third-order valence-corrected chi connectivity index (χ3v) is 3.05. The van der Waals surface area contributed by atoms with Gasteiger partial charge in [0, 0.05) is 0 Å². The van der Waals surface area contributed by atoms with Gasteiger partial charge in [-0.2, -0.15) is 0 Å². The molecule has 3 aromatic carbocycles. The summed E-state index contributed by atoms with van der Waals surface area (Å²) in [5.74, 6) is 0.320. The first-order chi connectivity index (χ1) is 7.75. The fourth-order valence-electron chi connectivity index (χ4n) is 2.29. The smallest absolute Gasteiger partial charge is 0.116 e. The molecule has 0 radical (unpaired) electrons. The number of hydrogen-bond acceptors (Lipinski definition) is 1. The molecule has 0 spiro atoms. The normalized spacial score (nSPS) is 11.1. The third kappa shape index (κ3) is 1.25. The van der Waals surface area contributed by atoms with E-state index in [-0.39, 0.29) is 0 Å². The molecule has 0 saturated carbocycles. The number of fused-ring (bicyclic) bond motifs is 3. The summed E-state index contributed by atoms with van der Waals surface area (Å²) in [4.78, 5) is 0. The molecule has 0 aliphatic carbocycles. The average Bonchev–Trinajstić information content (AvgIpc) is 2.29. The Morgan fingerprint density at radius 3 is 2.56 bits per heavy atom. The molecule has 0 unspecified atom stereocenters. The van der Waals surface area contributed by atoms with Crippen LogP contribution in [0, 0.1) is 6.92 Å². The average molecular weight is 208 g/mol. The van der Waals surface area contributed by atoms with Crippen molar-refractivity contribution in [2.24, 2.45) is 0 Å². The molecule has 1 heteroatoms. The van der Waals surface area contributed by atoms with Crippen LogP contribution in [0.2, 0.25) is 0 Å². The van der Waals surface area contributed by atoms with Gasteiger partial charge in [-0.3, -0.25) is 0 Å². The maximum Gasteiger partial charge on any atom is 0.116 e. The highest BCUT2D eigenvalue weighted by Crippen LogP contribution is 2.29. The molecule has 0 bridgehead atoms. The van der Waals surface area contributed by atoms with Gasteiger partial charge in [-0.1, -0.05) is 36.4 Å². The molecular weight excluding hydrogens is 196 g/mol. The zero-order chi connectivity index (χ0) is 11.1. The second-order valence-electron chi connectivity index (χ2n) is 4.14. The van der Waals surface area contributed by atoms with Gasteiger partial charge < -0.3 is 5.11 Å². The van der Waals surface area contributed by atoms with Crippen molar-refractivity contribution >= 4 is 21.5 Å². The van der Waals surface area contributed by atoms with Gasteiger partial charge in [0.1, 0.15) is 5.75 Å². The Balaban J connectivity index is 2.58. The summed E-state index contributed by atoms with van der Waals surface area (Å²) in [5, 5.41) is 14.3. The first kappa shape index (κ1) is 9.22. The van der Waals surface area contributed by atoms with Crippen LogP contribution in [0.4, 0.5) is 0 Å². The maximum absolute atomic E-state index is 9.47. The van der Waals surface area contributed by atoms with Gasteiger partial charge in [0.15, 0.2) is 0 Å². The number of phenolic OH excluding ortho intramolecular Hbond substituents is 1. The molecule has 3 aromatic rings. The van der Waals surface area contributed by atoms with Crippen LogP contribution < -0.4 is 0 Å². The molecule has 0 aliphatic rings. The zero-order valence-corrected chi connectivity index (χ0v) is 9.07. The van der Waals surface area contributed by atoms with E-state index in [9.17, 15) is 5.11 Å². The lowest BCUT2D eigenvalue weighted by atomic mass is 9.98. The summed E-state index contributed by atoms with van der Waals surface area (Å²) in [6.07, 6.45) is 0. The minimum absolute atomic E-state index is 0.320. The van der Waals surface area contributed by atoms with Crippen molar-refractivity contribution < 1.29 is 5.11 Å². The lowest BCUT2D eigenvalue weighted by Crippen LogP contribution is -1.81. The van der Waals surface area contributed by atoms with Crippen molar-refractivity contribution in [2.75, 3.05) is 0 Å². The molecule has 1 N–H and O–H groups in total. The largest absolute Gasteiger partial charge is 0.508 e. The number of aryl methyl sites for hydroxylation is 1. The Labute approximate surface area is 94.0 Å². The van der Waals surface area contributed by atoms with Gasteiger partial charge in [0.2, 0.25) is 0 Å². The van der Waals surface area contributed by atoms with Crippen molar-refractivity contribution in [1.29, 1.82) is 0 Å². The summed E-state index contributed by atoms with van der Waals surface area (Å²) >= 11 is 0.